The number of aromatic nitrogens is 6. The lowest BCUT2D eigenvalue weighted by molar-refractivity contribution is 1.24. The highest BCUT2D eigenvalue weighted by atomic mass is 14.9. The normalized spacial score (nSPS) is 11.2. The third-order valence-electron chi connectivity index (χ3n) is 8.79. The second-order valence-electron chi connectivity index (χ2n) is 12.0. The van der Waals surface area contributed by atoms with Crippen LogP contribution in [0.3, 0.4) is 0 Å². The molecule has 6 heterocycles. The van der Waals surface area contributed by atoms with Crippen molar-refractivity contribution in [3.05, 3.63) is 170 Å². The van der Waals surface area contributed by atoms with E-state index in [2.05, 4.69) is 84.9 Å². The summed E-state index contributed by atoms with van der Waals surface area (Å²) in [5.74, 6) is 0. The minimum atomic E-state index is 0.672. The zero-order valence-electron chi connectivity index (χ0n) is 26.8. The van der Waals surface area contributed by atoms with Crippen molar-refractivity contribution in [2.24, 2.45) is 0 Å². The zero-order chi connectivity index (χ0) is 33.3. The third-order valence-corrected chi connectivity index (χ3v) is 8.79. The molecule has 0 saturated heterocycles. The summed E-state index contributed by atoms with van der Waals surface area (Å²) < 4.78 is 0. The Balaban J connectivity index is 1.21. The number of fused-ring (bicyclic) bond motifs is 2. The highest BCUT2D eigenvalue weighted by Gasteiger charge is 2.18. The molecular weight excluding hydrogens is 613 g/mol. The topological polar surface area (TPSA) is 77.3 Å². The molecule has 0 fully saturated rings. The van der Waals surface area contributed by atoms with Gasteiger partial charge in [-0.3, -0.25) is 9.97 Å². The molecule has 50 heavy (non-hydrogen) atoms. The number of nitrogens with zero attached hydrogens (tertiary/aromatic N) is 6. The SMILES string of the molecule is c1ccc(-c2ccc3cc(-c4cccc(-c5cc6ccc(-c7ccccc7)nc6nc5-c5ccccn5)c4)c(-c4ccccn4)nc3n2)cc1. The summed E-state index contributed by atoms with van der Waals surface area (Å²) in [6.45, 7) is 0. The molecular formula is C44H28N6. The summed E-state index contributed by atoms with van der Waals surface area (Å²) in [6.07, 6.45) is 3.60. The Kier molecular flexibility index (Phi) is 7.37. The van der Waals surface area contributed by atoms with Crippen LogP contribution in [0.15, 0.2) is 170 Å². The summed E-state index contributed by atoms with van der Waals surface area (Å²) >= 11 is 0. The number of rotatable bonds is 6. The second-order valence-corrected chi connectivity index (χ2v) is 12.0. The minimum absolute atomic E-state index is 0.672. The zero-order valence-corrected chi connectivity index (χ0v) is 26.8. The Labute approximate surface area is 288 Å². The van der Waals surface area contributed by atoms with Gasteiger partial charge < -0.3 is 0 Å². The van der Waals surface area contributed by atoms with Crippen molar-refractivity contribution in [1.29, 1.82) is 0 Å². The predicted octanol–water partition coefficient (Wildman–Crippen LogP) is 10.4. The van der Waals surface area contributed by atoms with Crippen molar-refractivity contribution < 1.29 is 0 Å². The molecule has 0 N–H and O–H groups in total. The van der Waals surface area contributed by atoms with Gasteiger partial charge in [-0.15, -0.1) is 0 Å². The standard InChI is InChI=1S/C44H28N6/c1-3-12-29(13-4-1)37-22-20-33-27-35(41(49-43(33)47-37)39-18-7-9-24-45-39)31-16-11-17-32(26-31)36-28-34-21-23-38(30-14-5-2-6-15-30)48-44(34)50-42(36)40-19-8-10-25-46-40/h1-28H. The van der Waals surface area contributed by atoms with Gasteiger partial charge in [-0.05, 0) is 77.9 Å². The average molecular weight is 641 g/mol. The Morgan fingerprint density at radius 2 is 0.740 bits per heavy atom. The molecule has 0 aliphatic heterocycles. The van der Waals surface area contributed by atoms with Crippen LogP contribution in [-0.4, -0.2) is 29.9 Å². The number of pyridine rings is 6. The monoisotopic (exact) mass is 640 g/mol. The summed E-state index contributed by atoms with van der Waals surface area (Å²) in [6, 6.07) is 53.3. The van der Waals surface area contributed by atoms with Crippen molar-refractivity contribution >= 4 is 22.1 Å². The Bertz CT molecular complexity index is 2450. The molecule has 9 aromatic rings. The van der Waals surface area contributed by atoms with E-state index in [1.165, 1.54) is 0 Å². The van der Waals surface area contributed by atoms with Gasteiger partial charge in [0.15, 0.2) is 11.3 Å². The molecule has 0 saturated carbocycles. The number of hydrogen-bond donors (Lipinski definition) is 0. The van der Waals surface area contributed by atoms with Crippen LogP contribution in [0, 0.1) is 0 Å². The van der Waals surface area contributed by atoms with Crippen molar-refractivity contribution in [2.45, 2.75) is 0 Å². The van der Waals surface area contributed by atoms with E-state index < -0.39 is 0 Å². The van der Waals surface area contributed by atoms with E-state index in [-0.39, 0.29) is 0 Å². The maximum Gasteiger partial charge on any atom is 0.160 e. The fraction of sp³-hybridized carbons (Fsp3) is 0. The summed E-state index contributed by atoms with van der Waals surface area (Å²) in [4.78, 5) is 29.6. The fourth-order valence-electron chi connectivity index (χ4n) is 6.33. The Hall–Kier alpha value is -6.92. The Morgan fingerprint density at radius 3 is 1.18 bits per heavy atom. The van der Waals surface area contributed by atoms with Crippen molar-refractivity contribution in [3.63, 3.8) is 0 Å². The summed E-state index contributed by atoms with van der Waals surface area (Å²) in [5.41, 5.74) is 12.3. The van der Waals surface area contributed by atoms with Crippen molar-refractivity contribution in [1.82, 2.24) is 29.9 Å². The maximum absolute atomic E-state index is 5.15. The first-order valence-electron chi connectivity index (χ1n) is 16.4. The van der Waals surface area contributed by atoms with Crippen LogP contribution in [0.2, 0.25) is 0 Å². The van der Waals surface area contributed by atoms with E-state index in [0.717, 1.165) is 78.3 Å². The van der Waals surface area contributed by atoms with Crippen LogP contribution in [0.5, 0.6) is 0 Å². The van der Waals surface area contributed by atoms with E-state index in [0.29, 0.717) is 11.3 Å². The Morgan fingerprint density at radius 1 is 0.300 bits per heavy atom. The van der Waals surface area contributed by atoms with Crippen LogP contribution >= 0.6 is 0 Å². The van der Waals surface area contributed by atoms with Crippen LogP contribution < -0.4 is 0 Å². The quantitative estimate of drug-likeness (QED) is 0.180. The molecule has 0 aliphatic rings. The molecule has 6 aromatic heterocycles. The predicted molar refractivity (Wildman–Crippen MR) is 201 cm³/mol. The van der Waals surface area contributed by atoms with E-state index in [1.54, 1.807) is 12.4 Å². The first-order chi connectivity index (χ1) is 24.8. The van der Waals surface area contributed by atoms with Crippen LogP contribution in [0.4, 0.5) is 0 Å². The van der Waals surface area contributed by atoms with Gasteiger partial charge in [0.05, 0.1) is 34.2 Å². The highest BCUT2D eigenvalue weighted by molar-refractivity contribution is 5.94. The van der Waals surface area contributed by atoms with Gasteiger partial charge in [-0.25, -0.2) is 19.9 Å². The summed E-state index contributed by atoms with van der Waals surface area (Å²) in [7, 11) is 0. The fourth-order valence-corrected chi connectivity index (χ4v) is 6.33. The van der Waals surface area contributed by atoms with Gasteiger partial charge in [0.25, 0.3) is 0 Å². The van der Waals surface area contributed by atoms with Crippen molar-refractivity contribution in [3.8, 4) is 67.5 Å². The molecule has 0 aliphatic carbocycles. The molecule has 6 nitrogen and oxygen atoms in total. The first kappa shape index (κ1) is 29.2. The summed E-state index contributed by atoms with van der Waals surface area (Å²) in [5, 5.41) is 1.90. The first-order valence-corrected chi connectivity index (χ1v) is 16.4. The molecule has 0 bridgehead atoms. The molecule has 0 unspecified atom stereocenters. The van der Waals surface area contributed by atoms with Gasteiger partial charge >= 0.3 is 0 Å². The van der Waals surface area contributed by atoms with Gasteiger partial charge in [0.2, 0.25) is 0 Å². The lowest BCUT2D eigenvalue weighted by Crippen LogP contribution is -1.97. The maximum atomic E-state index is 5.15. The molecule has 9 rings (SSSR count). The highest BCUT2D eigenvalue weighted by Crippen LogP contribution is 2.38. The molecule has 0 spiro atoms. The van der Waals surface area contributed by atoms with E-state index in [4.69, 9.17) is 29.9 Å². The number of benzene rings is 3. The van der Waals surface area contributed by atoms with Crippen LogP contribution in [0.25, 0.3) is 89.6 Å². The van der Waals surface area contributed by atoms with Gasteiger partial charge in [-0.2, -0.15) is 0 Å². The van der Waals surface area contributed by atoms with Crippen molar-refractivity contribution in [2.75, 3.05) is 0 Å². The van der Waals surface area contributed by atoms with E-state index >= 15 is 0 Å². The number of hydrogen-bond acceptors (Lipinski definition) is 6. The third kappa shape index (κ3) is 5.55. The van der Waals surface area contributed by atoms with Crippen LogP contribution in [-0.2, 0) is 0 Å². The molecule has 0 amide bonds. The molecule has 3 aromatic carbocycles. The lowest BCUT2D eigenvalue weighted by Gasteiger charge is -2.14. The lowest BCUT2D eigenvalue weighted by atomic mass is 9.94. The second kappa shape index (κ2) is 12.6. The molecule has 0 atom stereocenters. The van der Waals surface area contributed by atoms with Gasteiger partial charge in [-0.1, -0.05) is 91.0 Å². The largest absolute Gasteiger partial charge is 0.255 e. The smallest absolute Gasteiger partial charge is 0.160 e. The minimum Gasteiger partial charge on any atom is -0.255 e. The van der Waals surface area contributed by atoms with Gasteiger partial charge in [0, 0.05) is 45.4 Å². The molecule has 234 valence electrons. The van der Waals surface area contributed by atoms with Crippen LogP contribution in [0.1, 0.15) is 0 Å². The van der Waals surface area contributed by atoms with Gasteiger partial charge in [0.1, 0.15) is 0 Å². The molecule has 6 heteroatoms. The van der Waals surface area contributed by atoms with E-state index in [9.17, 15) is 0 Å². The molecule has 0 radical (unpaired) electrons. The van der Waals surface area contributed by atoms with E-state index in [1.807, 2.05) is 72.8 Å². The average Bonchev–Trinajstić information content (AvgIpc) is 3.21.